The van der Waals surface area contributed by atoms with E-state index in [9.17, 15) is 9.59 Å². The Kier molecular flexibility index (Phi) is 3.29. The maximum atomic E-state index is 12.9. The first-order valence-corrected chi connectivity index (χ1v) is 8.27. The average Bonchev–Trinajstić information content (AvgIpc) is 2.85. The summed E-state index contributed by atoms with van der Waals surface area (Å²) in [6.07, 6.45) is 1.83. The fraction of sp³-hybridized carbons (Fsp3) is 0.300. The summed E-state index contributed by atoms with van der Waals surface area (Å²) >= 11 is 0. The van der Waals surface area contributed by atoms with Crippen LogP contribution in [0.25, 0.3) is 11.1 Å². The van der Waals surface area contributed by atoms with Gasteiger partial charge in [-0.25, -0.2) is 0 Å². The minimum absolute atomic E-state index is 0.0320. The fourth-order valence-corrected chi connectivity index (χ4v) is 3.92. The van der Waals surface area contributed by atoms with Crippen LogP contribution >= 0.6 is 0 Å². The van der Waals surface area contributed by atoms with Crippen LogP contribution < -0.4 is 0 Å². The summed E-state index contributed by atoms with van der Waals surface area (Å²) < 4.78 is 0. The molecule has 2 aromatic rings. The second kappa shape index (κ2) is 5.34. The van der Waals surface area contributed by atoms with E-state index in [4.69, 9.17) is 0 Å². The second-order valence-corrected chi connectivity index (χ2v) is 6.31. The molecule has 0 aromatic heterocycles. The number of hydrogen-bond donors (Lipinski definition) is 0. The number of nitrogens with zero attached hydrogens (tertiary/aromatic N) is 1. The first-order valence-electron chi connectivity index (χ1n) is 8.27. The van der Waals surface area contributed by atoms with Gasteiger partial charge >= 0.3 is 0 Å². The molecule has 23 heavy (non-hydrogen) atoms. The van der Waals surface area contributed by atoms with Gasteiger partial charge in [0.15, 0.2) is 0 Å². The number of carbonyl (C=O) groups excluding carboxylic acids is 2. The van der Waals surface area contributed by atoms with Crippen LogP contribution in [0, 0.1) is 0 Å². The quantitative estimate of drug-likeness (QED) is 0.811. The van der Waals surface area contributed by atoms with Gasteiger partial charge in [0.2, 0.25) is 11.8 Å². The molecule has 0 bridgehead atoms. The van der Waals surface area contributed by atoms with Gasteiger partial charge in [0.25, 0.3) is 0 Å². The molecule has 1 aliphatic carbocycles. The second-order valence-electron chi connectivity index (χ2n) is 6.31. The molecule has 2 unspecified atom stereocenters. The van der Waals surface area contributed by atoms with Crippen LogP contribution in [0.15, 0.2) is 48.5 Å². The minimum Gasteiger partial charge on any atom is -0.282 e. The third-order valence-electron chi connectivity index (χ3n) is 5.01. The van der Waals surface area contributed by atoms with Crippen LogP contribution in [0.5, 0.6) is 0 Å². The average molecular weight is 305 g/mol. The molecule has 4 rings (SSSR count). The van der Waals surface area contributed by atoms with Gasteiger partial charge in [-0.1, -0.05) is 61.9 Å². The van der Waals surface area contributed by atoms with Crippen molar-refractivity contribution in [1.82, 2.24) is 4.90 Å². The molecule has 2 atom stereocenters. The summed E-state index contributed by atoms with van der Waals surface area (Å²) in [4.78, 5) is 27.4. The molecule has 2 amide bonds. The SMILES string of the molecule is CCCCN1C(=O)C2c3ccccc3-c3ccccc3C2C1=O. The molecule has 1 fully saturated rings. The molecule has 0 spiro atoms. The number of carbonyl (C=O) groups is 2. The van der Waals surface area contributed by atoms with E-state index < -0.39 is 0 Å². The van der Waals surface area contributed by atoms with Crippen LogP contribution in [0.3, 0.4) is 0 Å². The van der Waals surface area contributed by atoms with Gasteiger partial charge < -0.3 is 0 Å². The smallest absolute Gasteiger partial charge is 0.237 e. The summed E-state index contributed by atoms with van der Waals surface area (Å²) in [5.74, 6) is -0.776. The van der Waals surface area contributed by atoms with Crippen LogP contribution in [0.2, 0.25) is 0 Å². The summed E-state index contributed by atoms with van der Waals surface area (Å²) in [7, 11) is 0. The molecule has 3 nitrogen and oxygen atoms in total. The lowest BCUT2D eigenvalue weighted by Crippen LogP contribution is -2.31. The maximum absolute atomic E-state index is 12.9. The first-order chi connectivity index (χ1) is 11.2. The van der Waals surface area contributed by atoms with Crippen molar-refractivity contribution in [3.05, 3.63) is 59.7 Å². The molecular weight excluding hydrogens is 286 g/mol. The predicted octanol–water partition coefficient (Wildman–Crippen LogP) is 3.70. The highest BCUT2D eigenvalue weighted by atomic mass is 16.2. The molecule has 3 heteroatoms. The van der Waals surface area contributed by atoms with Gasteiger partial charge in [-0.15, -0.1) is 0 Å². The van der Waals surface area contributed by atoms with Crippen LogP contribution in [0.1, 0.15) is 42.7 Å². The van der Waals surface area contributed by atoms with Crippen LogP contribution in [0.4, 0.5) is 0 Å². The predicted molar refractivity (Wildman–Crippen MR) is 89.0 cm³/mol. The monoisotopic (exact) mass is 305 g/mol. The zero-order valence-electron chi connectivity index (χ0n) is 13.2. The highest BCUT2D eigenvalue weighted by Crippen LogP contribution is 2.51. The Morgan fingerprint density at radius 1 is 0.826 bits per heavy atom. The number of rotatable bonds is 3. The van der Waals surface area contributed by atoms with E-state index in [0.29, 0.717) is 6.54 Å². The van der Waals surface area contributed by atoms with E-state index in [1.54, 1.807) is 0 Å². The molecule has 1 heterocycles. The van der Waals surface area contributed by atoms with Crippen molar-refractivity contribution in [1.29, 1.82) is 0 Å². The van der Waals surface area contributed by atoms with Gasteiger partial charge in [-0.2, -0.15) is 0 Å². The van der Waals surface area contributed by atoms with E-state index in [2.05, 4.69) is 19.1 Å². The number of unbranched alkanes of at least 4 members (excludes halogenated alkanes) is 1. The largest absolute Gasteiger partial charge is 0.282 e. The van der Waals surface area contributed by atoms with Crippen molar-refractivity contribution in [3.63, 3.8) is 0 Å². The molecule has 116 valence electrons. The summed E-state index contributed by atoms with van der Waals surface area (Å²) in [6, 6.07) is 16.0. The van der Waals surface area contributed by atoms with Gasteiger partial charge in [0.05, 0.1) is 11.8 Å². The molecule has 1 aliphatic heterocycles. The molecule has 1 saturated heterocycles. The van der Waals surface area contributed by atoms with Crippen molar-refractivity contribution in [2.24, 2.45) is 0 Å². The highest BCUT2D eigenvalue weighted by Gasteiger charge is 2.51. The van der Waals surface area contributed by atoms with Crippen molar-refractivity contribution in [2.45, 2.75) is 31.6 Å². The van der Waals surface area contributed by atoms with E-state index in [1.165, 1.54) is 4.90 Å². The molecular formula is C20H19NO2. The minimum atomic E-state index is -0.356. The van der Waals surface area contributed by atoms with Crippen molar-refractivity contribution in [2.75, 3.05) is 6.54 Å². The van der Waals surface area contributed by atoms with Gasteiger partial charge in [-0.05, 0) is 28.7 Å². The zero-order chi connectivity index (χ0) is 16.0. The number of likely N-dealkylation sites (tertiary alicyclic amines) is 1. The molecule has 0 N–H and O–H groups in total. The first kappa shape index (κ1) is 14.2. The zero-order valence-corrected chi connectivity index (χ0v) is 13.2. The third kappa shape index (κ3) is 1.96. The van der Waals surface area contributed by atoms with Crippen LogP contribution in [-0.4, -0.2) is 23.3 Å². The number of amides is 2. The number of fused-ring (bicyclic) bond motifs is 6. The fourth-order valence-electron chi connectivity index (χ4n) is 3.92. The Bertz CT molecular complexity index is 732. The molecule has 2 aliphatic rings. The molecule has 2 aromatic carbocycles. The lowest BCUT2D eigenvalue weighted by atomic mass is 9.73. The van der Waals surface area contributed by atoms with E-state index in [-0.39, 0.29) is 23.7 Å². The Morgan fingerprint density at radius 2 is 1.30 bits per heavy atom. The lowest BCUT2D eigenvalue weighted by molar-refractivity contribution is -0.139. The molecule has 0 radical (unpaired) electrons. The van der Waals surface area contributed by atoms with Crippen molar-refractivity contribution < 1.29 is 9.59 Å². The number of imide groups is 1. The molecule has 0 saturated carbocycles. The van der Waals surface area contributed by atoms with Crippen molar-refractivity contribution in [3.8, 4) is 11.1 Å². The summed E-state index contributed by atoms with van der Waals surface area (Å²) in [6.45, 7) is 2.61. The van der Waals surface area contributed by atoms with Gasteiger partial charge in [0.1, 0.15) is 0 Å². The van der Waals surface area contributed by atoms with E-state index in [1.807, 2.05) is 36.4 Å². The lowest BCUT2D eigenvalue weighted by Gasteiger charge is -2.27. The Hall–Kier alpha value is -2.42. The van der Waals surface area contributed by atoms with Crippen molar-refractivity contribution >= 4 is 11.8 Å². The van der Waals surface area contributed by atoms with Gasteiger partial charge in [-0.3, -0.25) is 14.5 Å². The normalized spacial score (nSPS) is 21.9. The Balaban J connectivity index is 1.89. The standard InChI is InChI=1S/C20H19NO2/c1-2-3-12-21-19(22)17-15-10-6-4-8-13(15)14-9-5-7-11-16(14)18(17)20(21)23/h4-11,17-18H,2-3,12H2,1H3. The van der Waals surface area contributed by atoms with Crippen LogP contribution in [-0.2, 0) is 9.59 Å². The third-order valence-corrected chi connectivity index (χ3v) is 5.01. The Morgan fingerprint density at radius 3 is 1.78 bits per heavy atom. The maximum Gasteiger partial charge on any atom is 0.237 e. The topological polar surface area (TPSA) is 37.4 Å². The Labute approximate surface area is 135 Å². The van der Waals surface area contributed by atoms with Gasteiger partial charge in [0, 0.05) is 6.54 Å². The van der Waals surface area contributed by atoms with E-state index in [0.717, 1.165) is 35.1 Å². The summed E-state index contributed by atoms with van der Waals surface area (Å²) in [5.41, 5.74) is 4.16. The number of hydrogen-bond acceptors (Lipinski definition) is 2. The highest BCUT2D eigenvalue weighted by molar-refractivity contribution is 6.12. The summed E-state index contributed by atoms with van der Waals surface area (Å²) in [5, 5.41) is 0. The number of benzene rings is 2. The van der Waals surface area contributed by atoms with E-state index >= 15 is 0 Å².